The first-order valence-corrected chi connectivity index (χ1v) is 6.49. The molecule has 0 aromatic heterocycles. The Balaban J connectivity index is 2.08. The van der Waals surface area contributed by atoms with Crippen molar-refractivity contribution in [1.82, 2.24) is 9.80 Å². The molecule has 0 spiro atoms. The standard InChI is InChI=1S/C14H18FN3O2/c1-10(19)18-8-7-17(2)9-13(18)14(20)16-12-5-3-11(15)4-6-12/h3-6,13H,7-9H2,1-2H3,(H,16,20)/t13-/m0/s1. The molecule has 1 N–H and O–H groups in total. The van der Waals surface area contributed by atoms with Crippen LogP contribution < -0.4 is 5.32 Å². The SMILES string of the molecule is CC(=O)N1CCN(C)C[C@H]1C(=O)Nc1ccc(F)cc1. The molecular weight excluding hydrogens is 261 g/mol. The Kier molecular flexibility index (Phi) is 4.34. The van der Waals surface area contributed by atoms with Gasteiger partial charge < -0.3 is 15.1 Å². The summed E-state index contributed by atoms with van der Waals surface area (Å²) in [5, 5.41) is 2.72. The minimum absolute atomic E-state index is 0.114. The number of rotatable bonds is 2. The van der Waals surface area contributed by atoms with E-state index in [-0.39, 0.29) is 17.6 Å². The van der Waals surface area contributed by atoms with Crippen molar-refractivity contribution >= 4 is 17.5 Å². The normalized spacial score (nSPS) is 19.8. The lowest BCUT2D eigenvalue weighted by Gasteiger charge is -2.38. The zero-order valence-electron chi connectivity index (χ0n) is 11.6. The molecule has 6 heteroatoms. The predicted molar refractivity (Wildman–Crippen MR) is 73.7 cm³/mol. The summed E-state index contributed by atoms with van der Waals surface area (Å²) in [6, 6.07) is 5.04. The van der Waals surface area contributed by atoms with Crippen LogP contribution in [0.2, 0.25) is 0 Å². The number of likely N-dealkylation sites (N-methyl/N-ethyl adjacent to an activating group) is 1. The molecule has 1 heterocycles. The molecule has 0 saturated carbocycles. The lowest BCUT2D eigenvalue weighted by molar-refractivity contribution is -0.139. The lowest BCUT2D eigenvalue weighted by atomic mass is 10.1. The van der Waals surface area contributed by atoms with Crippen LogP contribution in [0.1, 0.15) is 6.92 Å². The Hall–Kier alpha value is -1.95. The summed E-state index contributed by atoms with van der Waals surface area (Å²) in [6.07, 6.45) is 0. The molecular formula is C14H18FN3O2. The van der Waals surface area contributed by atoms with Crippen molar-refractivity contribution in [3.05, 3.63) is 30.1 Å². The second-order valence-corrected chi connectivity index (χ2v) is 4.99. The summed E-state index contributed by atoms with van der Waals surface area (Å²) in [6.45, 7) is 3.24. The molecule has 1 aliphatic rings. The highest BCUT2D eigenvalue weighted by Gasteiger charge is 2.32. The lowest BCUT2D eigenvalue weighted by Crippen LogP contribution is -2.58. The van der Waals surface area contributed by atoms with E-state index in [1.165, 1.54) is 31.2 Å². The zero-order valence-corrected chi connectivity index (χ0v) is 11.6. The maximum atomic E-state index is 12.8. The average Bonchev–Trinajstić information content (AvgIpc) is 2.41. The number of halogens is 1. The number of piperazine rings is 1. The van der Waals surface area contributed by atoms with E-state index in [0.717, 1.165) is 6.54 Å². The molecule has 0 radical (unpaired) electrons. The van der Waals surface area contributed by atoms with Crippen molar-refractivity contribution < 1.29 is 14.0 Å². The van der Waals surface area contributed by atoms with Crippen LogP contribution in [0.5, 0.6) is 0 Å². The van der Waals surface area contributed by atoms with E-state index >= 15 is 0 Å². The number of hydrogen-bond donors (Lipinski definition) is 1. The fourth-order valence-corrected chi connectivity index (χ4v) is 2.28. The molecule has 5 nitrogen and oxygen atoms in total. The number of anilines is 1. The summed E-state index contributed by atoms with van der Waals surface area (Å²) in [7, 11) is 1.91. The molecule has 1 aliphatic heterocycles. The minimum atomic E-state index is -0.517. The van der Waals surface area contributed by atoms with Gasteiger partial charge in [-0.25, -0.2) is 4.39 Å². The van der Waals surface area contributed by atoms with Crippen molar-refractivity contribution in [2.75, 3.05) is 32.0 Å². The number of nitrogens with zero attached hydrogens (tertiary/aromatic N) is 2. The highest BCUT2D eigenvalue weighted by atomic mass is 19.1. The van der Waals surface area contributed by atoms with Crippen LogP contribution in [0.3, 0.4) is 0 Å². The third kappa shape index (κ3) is 3.33. The fourth-order valence-electron chi connectivity index (χ4n) is 2.28. The van der Waals surface area contributed by atoms with Crippen molar-refractivity contribution in [2.24, 2.45) is 0 Å². The summed E-state index contributed by atoms with van der Waals surface area (Å²) < 4.78 is 12.8. The Morgan fingerprint density at radius 1 is 1.25 bits per heavy atom. The maximum Gasteiger partial charge on any atom is 0.248 e. The highest BCUT2D eigenvalue weighted by Crippen LogP contribution is 2.13. The average molecular weight is 279 g/mol. The van der Waals surface area contributed by atoms with Crippen LogP contribution >= 0.6 is 0 Å². The number of carbonyl (C=O) groups excluding carboxylic acids is 2. The van der Waals surface area contributed by atoms with E-state index in [0.29, 0.717) is 18.8 Å². The van der Waals surface area contributed by atoms with Crippen molar-refractivity contribution in [3.63, 3.8) is 0 Å². The molecule has 0 unspecified atom stereocenters. The second-order valence-electron chi connectivity index (χ2n) is 4.99. The van der Waals surface area contributed by atoms with E-state index in [4.69, 9.17) is 0 Å². The Morgan fingerprint density at radius 2 is 1.90 bits per heavy atom. The minimum Gasteiger partial charge on any atom is -0.328 e. The van der Waals surface area contributed by atoms with E-state index < -0.39 is 6.04 Å². The van der Waals surface area contributed by atoms with Gasteiger partial charge in [-0.3, -0.25) is 9.59 Å². The quantitative estimate of drug-likeness (QED) is 0.876. The smallest absolute Gasteiger partial charge is 0.248 e. The van der Waals surface area contributed by atoms with Crippen LogP contribution in [-0.2, 0) is 9.59 Å². The van der Waals surface area contributed by atoms with Crippen LogP contribution in [0, 0.1) is 5.82 Å². The number of carbonyl (C=O) groups is 2. The topological polar surface area (TPSA) is 52.7 Å². The van der Waals surface area contributed by atoms with Crippen molar-refractivity contribution in [1.29, 1.82) is 0 Å². The third-order valence-electron chi connectivity index (χ3n) is 3.40. The summed E-state index contributed by atoms with van der Waals surface area (Å²) in [5.41, 5.74) is 0.521. The third-order valence-corrected chi connectivity index (χ3v) is 3.40. The zero-order chi connectivity index (χ0) is 14.7. The molecule has 1 saturated heterocycles. The van der Waals surface area contributed by atoms with Gasteiger partial charge in [0, 0.05) is 32.2 Å². The van der Waals surface area contributed by atoms with Gasteiger partial charge in [-0.2, -0.15) is 0 Å². The van der Waals surface area contributed by atoms with Gasteiger partial charge in [0.1, 0.15) is 11.9 Å². The van der Waals surface area contributed by atoms with Gasteiger partial charge >= 0.3 is 0 Å². The summed E-state index contributed by atoms with van der Waals surface area (Å²) >= 11 is 0. The van der Waals surface area contributed by atoms with E-state index in [9.17, 15) is 14.0 Å². The van der Waals surface area contributed by atoms with Gasteiger partial charge in [0.2, 0.25) is 11.8 Å². The molecule has 1 aromatic rings. The number of hydrogen-bond acceptors (Lipinski definition) is 3. The molecule has 2 rings (SSSR count). The van der Waals surface area contributed by atoms with E-state index in [2.05, 4.69) is 5.32 Å². The predicted octanol–water partition coefficient (Wildman–Crippen LogP) is 0.927. The first-order valence-electron chi connectivity index (χ1n) is 6.49. The Labute approximate surface area is 117 Å². The van der Waals surface area contributed by atoms with Gasteiger partial charge in [-0.1, -0.05) is 0 Å². The second kappa shape index (κ2) is 6.00. The van der Waals surface area contributed by atoms with Crippen molar-refractivity contribution in [3.8, 4) is 0 Å². The number of nitrogens with one attached hydrogen (secondary N) is 1. The van der Waals surface area contributed by atoms with Gasteiger partial charge in [0.25, 0.3) is 0 Å². The maximum absolute atomic E-state index is 12.8. The summed E-state index contributed by atoms with van der Waals surface area (Å²) in [5.74, 6) is -0.721. The fraction of sp³-hybridized carbons (Fsp3) is 0.429. The Bertz CT molecular complexity index is 504. The van der Waals surface area contributed by atoms with Crippen LogP contribution in [-0.4, -0.2) is 54.3 Å². The molecule has 1 atom stereocenters. The number of amides is 2. The van der Waals surface area contributed by atoms with E-state index in [1.807, 2.05) is 11.9 Å². The highest BCUT2D eigenvalue weighted by molar-refractivity contribution is 5.97. The molecule has 20 heavy (non-hydrogen) atoms. The van der Waals surface area contributed by atoms with Gasteiger partial charge in [0.15, 0.2) is 0 Å². The van der Waals surface area contributed by atoms with Gasteiger partial charge in [-0.15, -0.1) is 0 Å². The first kappa shape index (κ1) is 14.5. The van der Waals surface area contributed by atoms with Crippen LogP contribution in [0.4, 0.5) is 10.1 Å². The first-order chi connectivity index (χ1) is 9.47. The van der Waals surface area contributed by atoms with Crippen molar-refractivity contribution in [2.45, 2.75) is 13.0 Å². The molecule has 0 aliphatic carbocycles. The summed E-state index contributed by atoms with van der Waals surface area (Å²) in [4.78, 5) is 27.5. The van der Waals surface area contributed by atoms with E-state index in [1.54, 1.807) is 4.90 Å². The van der Waals surface area contributed by atoms with Crippen LogP contribution in [0.25, 0.3) is 0 Å². The monoisotopic (exact) mass is 279 g/mol. The molecule has 0 bridgehead atoms. The number of benzene rings is 1. The molecule has 2 amide bonds. The molecule has 1 aromatic carbocycles. The van der Waals surface area contributed by atoms with Gasteiger partial charge in [0.05, 0.1) is 0 Å². The Morgan fingerprint density at radius 3 is 2.50 bits per heavy atom. The molecule has 1 fully saturated rings. The molecule has 108 valence electrons. The van der Waals surface area contributed by atoms with Gasteiger partial charge in [-0.05, 0) is 31.3 Å². The van der Waals surface area contributed by atoms with Crippen LogP contribution in [0.15, 0.2) is 24.3 Å². The largest absolute Gasteiger partial charge is 0.328 e.